The third-order valence-corrected chi connectivity index (χ3v) is 15.4. The SMILES string of the molecule is C[C@@H](c1[cH-]ccc1P(C1CCCCC1)C1CCCCC1)P(C(C)(C)C)C(C)(C)C.[Fe+2].c1cc[cH-]c1. The Morgan fingerprint density at radius 3 is 1.57 bits per heavy atom. The van der Waals surface area contributed by atoms with Crippen LogP contribution in [0.15, 0.2) is 48.5 Å². The summed E-state index contributed by atoms with van der Waals surface area (Å²) in [6.45, 7) is 17.5. The molecular formula is C32H52FeP2. The molecule has 0 amide bonds. The van der Waals surface area contributed by atoms with Crippen molar-refractivity contribution in [2.75, 3.05) is 0 Å². The van der Waals surface area contributed by atoms with Crippen LogP contribution < -0.4 is 5.30 Å². The van der Waals surface area contributed by atoms with Crippen LogP contribution in [-0.4, -0.2) is 21.6 Å². The van der Waals surface area contributed by atoms with Crippen LogP contribution in [0.25, 0.3) is 0 Å². The maximum atomic E-state index is 2.58. The second kappa shape index (κ2) is 14.3. The first-order valence-electron chi connectivity index (χ1n) is 14.1. The van der Waals surface area contributed by atoms with Gasteiger partial charge >= 0.3 is 17.1 Å². The van der Waals surface area contributed by atoms with Gasteiger partial charge in [0.2, 0.25) is 0 Å². The molecule has 2 saturated carbocycles. The molecule has 0 spiro atoms. The van der Waals surface area contributed by atoms with E-state index in [1.54, 1.807) is 5.56 Å². The number of rotatable bonds is 5. The van der Waals surface area contributed by atoms with E-state index in [-0.39, 0.29) is 32.9 Å². The van der Waals surface area contributed by atoms with Crippen LogP contribution in [0.1, 0.15) is 124 Å². The molecule has 2 aromatic carbocycles. The Kier molecular flexibility index (Phi) is 12.8. The average Bonchev–Trinajstić information content (AvgIpc) is 3.49. The Hall–Kier alpha value is 0.0795. The predicted molar refractivity (Wildman–Crippen MR) is 159 cm³/mol. The molecule has 2 fully saturated rings. The van der Waals surface area contributed by atoms with E-state index in [1.165, 1.54) is 64.2 Å². The summed E-state index contributed by atoms with van der Waals surface area (Å²) in [5.74, 6) is 0. The molecule has 35 heavy (non-hydrogen) atoms. The average molecular weight is 555 g/mol. The summed E-state index contributed by atoms with van der Waals surface area (Å²) in [7, 11) is -0.114. The molecule has 0 aliphatic heterocycles. The zero-order valence-electron chi connectivity index (χ0n) is 23.7. The Bertz CT molecular complexity index is 746. The van der Waals surface area contributed by atoms with E-state index in [2.05, 4.69) is 66.7 Å². The van der Waals surface area contributed by atoms with Gasteiger partial charge in [-0.2, -0.15) is 41.2 Å². The maximum absolute atomic E-state index is 2.58. The largest absolute Gasteiger partial charge is 2.00 e. The molecule has 2 aliphatic carbocycles. The van der Waals surface area contributed by atoms with Crippen molar-refractivity contribution in [3.8, 4) is 0 Å². The van der Waals surface area contributed by atoms with E-state index < -0.39 is 0 Å². The maximum Gasteiger partial charge on any atom is 2.00 e. The molecule has 0 bridgehead atoms. The van der Waals surface area contributed by atoms with Crippen LogP contribution in [-0.2, 0) is 17.1 Å². The van der Waals surface area contributed by atoms with E-state index in [0.717, 1.165) is 11.3 Å². The topological polar surface area (TPSA) is 0 Å². The minimum atomic E-state index is -0.120. The quantitative estimate of drug-likeness (QED) is 0.196. The van der Waals surface area contributed by atoms with Gasteiger partial charge in [0.25, 0.3) is 0 Å². The van der Waals surface area contributed by atoms with E-state index >= 15 is 0 Å². The smallest absolute Gasteiger partial charge is 0.214 e. The van der Waals surface area contributed by atoms with E-state index in [1.807, 2.05) is 35.6 Å². The first kappa shape index (κ1) is 31.3. The molecule has 2 aromatic rings. The van der Waals surface area contributed by atoms with Gasteiger partial charge in [0.05, 0.1) is 0 Å². The van der Waals surface area contributed by atoms with Crippen LogP contribution >= 0.6 is 15.8 Å². The van der Waals surface area contributed by atoms with Crippen LogP contribution in [0.2, 0.25) is 0 Å². The second-order valence-corrected chi connectivity index (χ2v) is 19.7. The van der Waals surface area contributed by atoms with Gasteiger partial charge in [0.1, 0.15) is 0 Å². The molecule has 0 nitrogen and oxygen atoms in total. The van der Waals surface area contributed by atoms with Crippen molar-refractivity contribution in [1.29, 1.82) is 0 Å². The van der Waals surface area contributed by atoms with Crippen LogP contribution in [0, 0.1) is 0 Å². The van der Waals surface area contributed by atoms with Crippen molar-refractivity contribution >= 4 is 21.1 Å². The molecular weight excluding hydrogens is 502 g/mol. The van der Waals surface area contributed by atoms with Gasteiger partial charge in [-0.1, -0.05) is 94.9 Å². The molecule has 0 saturated heterocycles. The number of hydrogen-bond acceptors (Lipinski definition) is 0. The first-order valence-corrected chi connectivity index (χ1v) is 17.0. The summed E-state index contributed by atoms with van der Waals surface area (Å²) in [5.41, 5.74) is 4.46. The van der Waals surface area contributed by atoms with Crippen molar-refractivity contribution in [2.45, 2.75) is 140 Å². The van der Waals surface area contributed by atoms with Crippen LogP contribution in [0.4, 0.5) is 0 Å². The van der Waals surface area contributed by atoms with Crippen molar-refractivity contribution in [3.05, 3.63) is 54.1 Å². The summed E-state index contributed by atoms with van der Waals surface area (Å²) in [6.07, 6.45) is 14.9. The Morgan fingerprint density at radius 1 is 0.743 bits per heavy atom. The van der Waals surface area contributed by atoms with Gasteiger partial charge in [0, 0.05) is 0 Å². The van der Waals surface area contributed by atoms with Gasteiger partial charge < -0.3 is 0 Å². The fraction of sp³-hybridized carbons (Fsp3) is 0.688. The van der Waals surface area contributed by atoms with Crippen molar-refractivity contribution < 1.29 is 17.1 Å². The summed E-state index contributed by atoms with van der Waals surface area (Å²) >= 11 is 0. The van der Waals surface area contributed by atoms with Gasteiger partial charge in [-0.25, -0.2) is 18.2 Å². The first-order chi connectivity index (χ1) is 16.1. The van der Waals surface area contributed by atoms with Gasteiger partial charge in [-0.3, -0.25) is 0 Å². The van der Waals surface area contributed by atoms with Crippen molar-refractivity contribution in [2.24, 2.45) is 0 Å². The van der Waals surface area contributed by atoms with Crippen molar-refractivity contribution in [1.82, 2.24) is 0 Å². The van der Waals surface area contributed by atoms with Crippen LogP contribution in [0.5, 0.6) is 0 Å². The molecule has 0 aromatic heterocycles. The van der Waals surface area contributed by atoms with E-state index in [4.69, 9.17) is 0 Å². The number of hydrogen-bond donors (Lipinski definition) is 0. The Labute approximate surface area is 231 Å². The Balaban J connectivity index is 0.000000640. The molecule has 198 valence electrons. The Morgan fingerprint density at radius 2 is 1.20 bits per heavy atom. The normalized spacial score (nSPS) is 19.2. The molecule has 0 unspecified atom stereocenters. The summed E-state index contributed by atoms with van der Waals surface area (Å²) in [4.78, 5) is 0. The summed E-state index contributed by atoms with van der Waals surface area (Å²) in [6, 6.07) is 17.5. The zero-order valence-corrected chi connectivity index (χ0v) is 26.6. The summed E-state index contributed by atoms with van der Waals surface area (Å²) in [5, 5.41) is 2.62. The standard InChI is InChI=1S/C27H47P2.C5H5.Fe/c1-21(29(26(2,3)4)27(5,6)7)24-19-14-20-25(24)28(22-15-10-8-11-16-22)23-17-12-9-13-18-23;1-2-4-5-3-1;/h14,19-23H,8-13,15-18H2,1-7H3;1-5H;/q2*-1;+2/t21-;;/m0../s1. The van der Waals surface area contributed by atoms with Gasteiger partial charge in [-0.15, -0.1) is 7.92 Å². The summed E-state index contributed by atoms with van der Waals surface area (Å²) < 4.78 is 0. The third-order valence-electron chi connectivity index (χ3n) is 7.88. The molecule has 3 heteroatoms. The second-order valence-electron chi connectivity index (χ2n) is 12.7. The molecule has 4 rings (SSSR count). The third kappa shape index (κ3) is 8.81. The minimum Gasteiger partial charge on any atom is -0.214 e. The fourth-order valence-electron chi connectivity index (χ4n) is 7.05. The van der Waals surface area contributed by atoms with Crippen LogP contribution in [0.3, 0.4) is 0 Å². The molecule has 0 heterocycles. The van der Waals surface area contributed by atoms with E-state index in [9.17, 15) is 0 Å². The zero-order chi connectivity index (χ0) is 24.8. The molecule has 2 aliphatic rings. The molecule has 0 radical (unpaired) electrons. The monoisotopic (exact) mass is 554 g/mol. The predicted octanol–water partition coefficient (Wildman–Crippen LogP) is 10.7. The van der Waals surface area contributed by atoms with E-state index in [0.29, 0.717) is 16.0 Å². The molecule has 1 atom stereocenters. The van der Waals surface area contributed by atoms with Gasteiger partial charge in [-0.05, 0) is 53.0 Å². The molecule has 0 N–H and O–H groups in total. The van der Waals surface area contributed by atoms with Gasteiger partial charge in [0.15, 0.2) is 0 Å². The fourth-order valence-corrected chi connectivity index (χ4v) is 16.0. The minimum absolute atomic E-state index is 0. The van der Waals surface area contributed by atoms with Crippen molar-refractivity contribution in [3.63, 3.8) is 0 Å².